The van der Waals surface area contributed by atoms with E-state index >= 15 is 0 Å². The predicted octanol–water partition coefficient (Wildman–Crippen LogP) is 4.41. The van der Waals surface area contributed by atoms with Gasteiger partial charge in [0.2, 0.25) is 5.91 Å². The molecule has 0 aliphatic heterocycles. The summed E-state index contributed by atoms with van der Waals surface area (Å²) in [5.74, 6) is -0.990. The zero-order chi connectivity index (χ0) is 19.6. The maximum Gasteiger partial charge on any atom is 0.246 e. The van der Waals surface area contributed by atoms with Gasteiger partial charge in [0.1, 0.15) is 5.82 Å². The lowest BCUT2D eigenvalue weighted by Gasteiger charge is -2.15. The topological polar surface area (TPSA) is 61.4 Å². The molecule has 27 heavy (non-hydrogen) atoms. The Morgan fingerprint density at radius 2 is 1.85 bits per heavy atom. The third kappa shape index (κ3) is 7.29. The number of halogens is 2. The molecule has 0 radical (unpaired) electrons. The molecule has 146 valence electrons. The summed E-state index contributed by atoms with van der Waals surface area (Å²) in [6, 6.07) is 12.6. The highest BCUT2D eigenvalue weighted by Gasteiger charge is 2.18. The molecule has 0 aliphatic carbocycles. The Balaban J connectivity index is 1.74. The first-order valence-corrected chi connectivity index (χ1v) is 9.51. The minimum absolute atomic E-state index is 0.256. The fraction of sp³-hybridized carbons (Fsp3) is 0.381. The van der Waals surface area contributed by atoms with Gasteiger partial charge in [0.25, 0.3) is 0 Å². The van der Waals surface area contributed by atoms with Gasteiger partial charge < -0.3 is 5.32 Å². The zero-order valence-corrected chi connectivity index (χ0v) is 16.2. The Hall–Kier alpha value is -1.95. The van der Waals surface area contributed by atoms with Crippen molar-refractivity contribution in [3.05, 3.63) is 70.0 Å². The van der Waals surface area contributed by atoms with Crippen molar-refractivity contribution >= 4 is 17.5 Å². The lowest BCUT2D eigenvalue weighted by molar-refractivity contribution is -0.133. The lowest BCUT2D eigenvalue weighted by atomic mass is 9.92. The fourth-order valence-electron chi connectivity index (χ4n) is 3.01. The van der Waals surface area contributed by atoms with E-state index in [0.29, 0.717) is 18.4 Å². The van der Waals surface area contributed by atoms with Crippen LogP contribution in [-0.2, 0) is 17.8 Å². The van der Waals surface area contributed by atoms with Gasteiger partial charge in [-0.05, 0) is 67.6 Å². The first-order valence-electron chi connectivity index (χ1n) is 9.13. The molecule has 2 aromatic rings. The number of hydroxylamine groups is 1. The Kier molecular flexibility index (Phi) is 8.72. The van der Waals surface area contributed by atoms with Crippen LogP contribution >= 0.6 is 11.6 Å². The molecular weight excluding hydrogens is 367 g/mol. The van der Waals surface area contributed by atoms with Crippen LogP contribution in [0, 0.1) is 18.7 Å². The highest BCUT2D eigenvalue weighted by atomic mass is 35.5. The summed E-state index contributed by atoms with van der Waals surface area (Å²) in [4.78, 5) is 11.9. The van der Waals surface area contributed by atoms with E-state index in [2.05, 4.69) is 5.32 Å². The Labute approximate surface area is 164 Å². The van der Waals surface area contributed by atoms with Crippen molar-refractivity contribution in [1.29, 1.82) is 0 Å². The quantitative estimate of drug-likeness (QED) is 0.319. The van der Waals surface area contributed by atoms with E-state index in [4.69, 9.17) is 16.8 Å². The van der Waals surface area contributed by atoms with Crippen molar-refractivity contribution in [2.45, 2.75) is 39.2 Å². The number of carbonyl (C=O) groups excluding carboxylic acids is 1. The molecule has 2 rings (SSSR count). The van der Waals surface area contributed by atoms with Crippen molar-refractivity contribution in [2.24, 2.45) is 5.92 Å². The van der Waals surface area contributed by atoms with E-state index < -0.39 is 5.91 Å². The van der Waals surface area contributed by atoms with Crippen LogP contribution in [0.1, 0.15) is 36.0 Å². The molecule has 1 atom stereocenters. The molecule has 0 saturated carbocycles. The summed E-state index contributed by atoms with van der Waals surface area (Å²) in [6.07, 6.45) is 2.91. The van der Waals surface area contributed by atoms with E-state index in [9.17, 15) is 9.18 Å². The summed E-state index contributed by atoms with van der Waals surface area (Å²) in [5.41, 5.74) is 4.37. The van der Waals surface area contributed by atoms with E-state index in [-0.39, 0.29) is 11.7 Å². The van der Waals surface area contributed by atoms with Crippen LogP contribution in [0.15, 0.2) is 42.5 Å². The minimum atomic E-state index is -0.397. The lowest BCUT2D eigenvalue weighted by Crippen LogP contribution is -2.29. The van der Waals surface area contributed by atoms with E-state index in [1.165, 1.54) is 11.6 Å². The number of carbonyl (C=O) groups is 1. The van der Waals surface area contributed by atoms with Gasteiger partial charge in [0.15, 0.2) is 0 Å². The first kappa shape index (κ1) is 21.4. The molecule has 0 aliphatic rings. The predicted molar refractivity (Wildman–Crippen MR) is 105 cm³/mol. The molecule has 0 heterocycles. The van der Waals surface area contributed by atoms with Gasteiger partial charge in [-0.1, -0.05) is 42.3 Å². The van der Waals surface area contributed by atoms with Crippen LogP contribution in [0.4, 0.5) is 4.39 Å². The van der Waals surface area contributed by atoms with Crippen LogP contribution in [-0.4, -0.2) is 17.7 Å². The summed E-state index contributed by atoms with van der Waals surface area (Å²) < 4.78 is 13.4. The molecule has 6 heteroatoms. The average molecular weight is 393 g/mol. The second-order valence-corrected chi connectivity index (χ2v) is 7.20. The van der Waals surface area contributed by atoms with Gasteiger partial charge in [-0.25, -0.2) is 9.87 Å². The smallest absolute Gasteiger partial charge is 0.246 e. The maximum absolute atomic E-state index is 13.4. The SMILES string of the molecule is Cc1cc(C[C@H](CCCCNCc2ccc(Cl)cc2)C(=O)NO)ccc1F. The van der Waals surface area contributed by atoms with Crippen LogP contribution in [0.2, 0.25) is 5.02 Å². The number of hydrogen-bond acceptors (Lipinski definition) is 3. The van der Waals surface area contributed by atoms with Crippen molar-refractivity contribution in [2.75, 3.05) is 6.54 Å². The largest absolute Gasteiger partial charge is 0.313 e. The van der Waals surface area contributed by atoms with Crippen LogP contribution in [0.5, 0.6) is 0 Å². The van der Waals surface area contributed by atoms with Crippen molar-refractivity contribution in [3.8, 4) is 0 Å². The zero-order valence-electron chi connectivity index (χ0n) is 15.5. The highest BCUT2D eigenvalue weighted by molar-refractivity contribution is 6.30. The van der Waals surface area contributed by atoms with E-state index in [1.807, 2.05) is 24.3 Å². The number of rotatable bonds is 10. The second-order valence-electron chi connectivity index (χ2n) is 6.76. The molecule has 0 bridgehead atoms. The molecule has 1 amide bonds. The monoisotopic (exact) mass is 392 g/mol. The molecule has 3 N–H and O–H groups in total. The summed E-state index contributed by atoms with van der Waals surface area (Å²) >= 11 is 5.87. The van der Waals surface area contributed by atoms with Gasteiger partial charge in [-0.3, -0.25) is 10.0 Å². The maximum atomic E-state index is 13.4. The van der Waals surface area contributed by atoms with Crippen LogP contribution < -0.4 is 10.8 Å². The minimum Gasteiger partial charge on any atom is -0.313 e. The summed E-state index contributed by atoms with van der Waals surface area (Å²) in [6.45, 7) is 3.31. The molecule has 0 fully saturated rings. The van der Waals surface area contributed by atoms with Gasteiger partial charge in [0.05, 0.1) is 0 Å². The molecule has 2 aromatic carbocycles. The number of amides is 1. The van der Waals surface area contributed by atoms with Crippen molar-refractivity contribution in [3.63, 3.8) is 0 Å². The van der Waals surface area contributed by atoms with Gasteiger partial charge in [-0.2, -0.15) is 0 Å². The Morgan fingerprint density at radius 1 is 1.15 bits per heavy atom. The molecule has 0 spiro atoms. The molecule has 0 aromatic heterocycles. The average Bonchev–Trinajstić information content (AvgIpc) is 2.67. The normalized spacial score (nSPS) is 12.0. The number of hydrogen-bond donors (Lipinski definition) is 3. The Bertz CT molecular complexity index is 737. The fourth-order valence-corrected chi connectivity index (χ4v) is 3.14. The van der Waals surface area contributed by atoms with Gasteiger partial charge >= 0.3 is 0 Å². The Morgan fingerprint density at radius 3 is 2.52 bits per heavy atom. The summed E-state index contributed by atoms with van der Waals surface area (Å²) in [7, 11) is 0. The summed E-state index contributed by atoms with van der Waals surface area (Å²) in [5, 5.41) is 13.1. The highest BCUT2D eigenvalue weighted by Crippen LogP contribution is 2.18. The number of unbranched alkanes of at least 4 members (excludes halogenated alkanes) is 1. The van der Waals surface area contributed by atoms with Gasteiger partial charge in [-0.15, -0.1) is 0 Å². The van der Waals surface area contributed by atoms with Crippen molar-refractivity contribution in [1.82, 2.24) is 10.8 Å². The molecule has 0 saturated heterocycles. The van der Waals surface area contributed by atoms with Crippen LogP contribution in [0.3, 0.4) is 0 Å². The van der Waals surface area contributed by atoms with E-state index in [0.717, 1.165) is 36.5 Å². The van der Waals surface area contributed by atoms with E-state index in [1.54, 1.807) is 24.5 Å². The number of nitrogens with one attached hydrogen (secondary N) is 2. The van der Waals surface area contributed by atoms with Crippen LogP contribution in [0.25, 0.3) is 0 Å². The molecule has 0 unspecified atom stereocenters. The molecule has 4 nitrogen and oxygen atoms in total. The third-order valence-corrected chi connectivity index (χ3v) is 4.84. The second kappa shape index (κ2) is 11.0. The molecular formula is C21H26ClFN2O2. The number of aryl methyl sites for hydroxylation is 1. The standard InChI is InChI=1S/C21H26ClFN2O2/c1-15-12-17(7-10-20(15)23)13-18(21(26)25-27)4-2-3-11-24-14-16-5-8-19(22)9-6-16/h5-10,12,18,24,27H,2-4,11,13-14H2,1H3,(H,25,26)/t18-/m0/s1. The number of benzene rings is 2. The van der Waals surface area contributed by atoms with Crippen molar-refractivity contribution < 1.29 is 14.4 Å². The van der Waals surface area contributed by atoms with Gasteiger partial charge in [0, 0.05) is 17.5 Å². The third-order valence-electron chi connectivity index (χ3n) is 4.58. The first-order chi connectivity index (χ1) is 13.0.